The SMILES string of the molecule is CC(C)(C)c1cc2c(n1-c1ccc3sc4ccc(-n5c6ccccc6c6ccccc65)cc4c3c1)-n1nccc1CCCC2. The molecule has 1 aliphatic rings. The van der Waals surface area contributed by atoms with Crippen LogP contribution in [0.3, 0.4) is 0 Å². The summed E-state index contributed by atoms with van der Waals surface area (Å²) < 4.78 is 9.75. The van der Waals surface area contributed by atoms with Gasteiger partial charge in [0.05, 0.1) is 11.0 Å². The number of benzene rings is 4. The van der Waals surface area contributed by atoms with Crippen molar-refractivity contribution in [3.8, 4) is 17.2 Å². The first kappa shape index (κ1) is 25.8. The van der Waals surface area contributed by atoms with Crippen molar-refractivity contribution in [2.45, 2.75) is 51.9 Å². The Morgan fingerprint density at radius 2 is 1.25 bits per heavy atom. The largest absolute Gasteiger partial charge is 0.309 e. The minimum absolute atomic E-state index is 0.0241. The number of nitrogens with zero attached hydrogens (tertiary/aromatic N) is 4. The fourth-order valence-electron chi connectivity index (χ4n) is 7.34. The van der Waals surface area contributed by atoms with Crippen LogP contribution in [0, 0.1) is 0 Å². The van der Waals surface area contributed by atoms with Crippen LogP contribution in [0.15, 0.2) is 103 Å². The first-order valence-electron chi connectivity index (χ1n) is 15.7. The highest BCUT2D eigenvalue weighted by Crippen LogP contribution is 2.41. The Kier molecular flexibility index (Phi) is 5.55. The molecule has 0 fully saturated rings. The van der Waals surface area contributed by atoms with Crippen LogP contribution in [0.5, 0.6) is 0 Å². The van der Waals surface area contributed by atoms with Gasteiger partial charge in [-0.05, 0) is 91.9 Å². The number of para-hydroxylation sites is 2. The molecule has 9 rings (SSSR count). The molecule has 4 aromatic carbocycles. The predicted octanol–water partition coefficient (Wildman–Crippen LogP) is 10.3. The molecule has 8 aromatic rings. The first-order valence-corrected chi connectivity index (χ1v) is 16.5. The maximum atomic E-state index is 4.87. The molecular weight excluding hydrogens is 557 g/mol. The normalized spacial score (nSPS) is 13.9. The Hall–Kier alpha value is -4.61. The number of aromatic nitrogens is 4. The van der Waals surface area contributed by atoms with Crippen LogP contribution in [-0.4, -0.2) is 18.9 Å². The van der Waals surface area contributed by atoms with Gasteiger partial charge >= 0.3 is 0 Å². The summed E-state index contributed by atoms with van der Waals surface area (Å²) in [5.41, 5.74) is 8.87. The minimum atomic E-state index is -0.0241. The van der Waals surface area contributed by atoms with Crippen molar-refractivity contribution in [3.05, 3.63) is 120 Å². The fraction of sp³-hybridized carbons (Fsp3) is 0.205. The van der Waals surface area contributed by atoms with E-state index in [9.17, 15) is 0 Å². The lowest BCUT2D eigenvalue weighted by atomic mass is 9.91. The van der Waals surface area contributed by atoms with Crippen LogP contribution in [0.4, 0.5) is 0 Å². The molecular formula is C39H34N4S. The Bertz CT molecular complexity index is 2330. The molecule has 0 saturated heterocycles. The number of fused-ring (bicyclic) bond motifs is 9. The lowest BCUT2D eigenvalue weighted by Crippen LogP contribution is -2.19. The van der Waals surface area contributed by atoms with Crippen LogP contribution in [-0.2, 0) is 18.3 Å². The van der Waals surface area contributed by atoms with E-state index in [0.29, 0.717) is 0 Å². The Morgan fingerprint density at radius 3 is 1.91 bits per heavy atom. The fourth-order valence-corrected chi connectivity index (χ4v) is 8.41. The summed E-state index contributed by atoms with van der Waals surface area (Å²) >= 11 is 1.88. The van der Waals surface area contributed by atoms with Gasteiger partial charge in [-0.1, -0.05) is 57.2 Å². The lowest BCUT2D eigenvalue weighted by Gasteiger charge is -2.24. The molecule has 0 atom stereocenters. The molecule has 0 amide bonds. The standard InChI is InChI=1S/C39H34N4S/c1-39(2,3)37-22-25-10-4-5-11-26-20-21-40-43(26)38(25)42(37)28-17-19-36-32(24-28)31-23-27(16-18-35(31)44-36)41-33-14-8-6-12-29(33)30-13-7-9-15-34(30)41/h6-9,12-24H,4-5,10-11H2,1-3H3. The summed E-state index contributed by atoms with van der Waals surface area (Å²) in [6.07, 6.45) is 6.50. The monoisotopic (exact) mass is 590 g/mol. The smallest absolute Gasteiger partial charge is 0.142 e. The molecule has 1 aliphatic heterocycles. The zero-order valence-corrected chi connectivity index (χ0v) is 26.2. The molecule has 4 aromatic heterocycles. The third-order valence-electron chi connectivity index (χ3n) is 9.40. The molecule has 0 aliphatic carbocycles. The third kappa shape index (κ3) is 3.78. The molecule has 0 spiro atoms. The molecule has 0 radical (unpaired) electrons. The number of hydrogen-bond acceptors (Lipinski definition) is 2. The zero-order valence-electron chi connectivity index (χ0n) is 25.3. The highest BCUT2D eigenvalue weighted by Gasteiger charge is 2.28. The van der Waals surface area contributed by atoms with Crippen LogP contribution >= 0.6 is 11.3 Å². The van der Waals surface area contributed by atoms with Crippen LogP contribution in [0.25, 0.3) is 59.2 Å². The van der Waals surface area contributed by atoms with Gasteiger partial charge in [0.15, 0.2) is 0 Å². The molecule has 5 heterocycles. The summed E-state index contributed by atoms with van der Waals surface area (Å²) in [7, 11) is 0. The van der Waals surface area contributed by atoms with Crippen molar-refractivity contribution in [1.29, 1.82) is 0 Å². The summed E-state index contributed by atoms with van der Waals surface area (Å²) in [6.45, 7) is 6.98. The summed E-state index contributed by atoms with van der Waals surface area (Å²) in [6, 6.07) is 36.2. The van der Waals surface area contributed by atoms with E-state index in [1.54, 1.807) is 0 Å². The van der Waals surface area contributed by atoms with E-state index in [2.05, 4.69) is 132 Å². The Labute approximate surface area is 260 Å². The van der Waals surface area contributed by atoms with Crippen molar-refractivity contribution in [2.75, 3.05) is 0 Å². The quantitative estimate of drug-likeness (QED) is 0.197. The van der Waals surface area contributed by atoms with Crippen molar-refractivity contribution in [2.24, 2.45) is 0 Å². The topological polar surface area (TPSA) is 27.7 Å². The van der Waals surface area contributed by atoms with Gasteiger partial charge in [0.25, 0.3) is 0 Å². The van der Waals surface area contributed by atoms with E-state index < -0.39 is 0 Å². The second-order valence-corrected chi connectivity index (χ2v) is 14.3. The molecule has 0 bridgehead atoms. The molecule has 4 nitrogen and oxygen atoms in total. The number of thiophene rings is 1. The van der Waals surface area contributed by atoms with Crippen LogP contribution in [0.2, 0.25) is 0 Å². The van der Waals surface area contributed by atoms with Gasteiger partial charge in [-0.3, -0.25) is 4.57 Å². The average molecular weight is 591 g/mol. The van der Waals surface area contributed by atoms with Crippen LogP contribution < -0.4 is 0 Å². The van der Waals surface area contributed by atoms with Crippen molar-refractivity contribution >= 4 is 53.3 Å². The summed E-state index contributed by atoms with van der Waals surface area (Å²) in [5, 5.41) is 10.1. The van der Waals surface area contributed by atoms with Gasteiger partial charge in [-0.25, -0.2) is 4.68 Å². The van der Waals surface area contributed by atoms with Crippen LogP contribution in [0.1, 0.15) is 50.6 Å². The maximum absolute atomic E-state index is 4.87. The first-order chi connectivity index (χ1) is 21.5. The van der Waals surface area contributed by atoms with Crippen molar-refractivity contribution in [1.82, 2.24) is 18.9 Å². The predicted molar refractivity (Wildman–Crippen MR) is 185 cm³/mol. The molecule has 0 saturated carbocycles. The number of hydrogen-bond donors (Lipinski definition) is 0. The van der Waals surface area contributed by atoms with E-state index in [0.717, 1.165) is 12.8 Å². The second kappa shape index (κ2) is 9.44. The van der Waals surface area contributed by atoms with Gasteiger partial charge in [0, 0.05) is 65.3 Å². The van der Waals surface area contributed by atoms with Crippen molar-refractivity contribution < 1.29 is 0 Å². The van der Waals surface area contributed by atoms with Gasteiger partial charge in [0.1, 0.15) is 5.82 Å². The highest BCUT2D eigenvalue weighted by molar-refractivity contribution is 7.25. The van der Waals surface area contributed by atoms with E-state index in [1.165, 1.54) is 89.0 Å². The number of aryl methyl sites for hydroxylation is 2. The summed E-state index contributed by atoms with van der Waals surface area (Å²) in [4.78, 5) is 0. The Balaban J connectivity index is 1.29. The second-order valence-electron chi connectivity index (χ2n) is 13.2. The number of rotatable bonds is 2. The maximum Gasteiger partial charge on any atom is 0.142 e. The van der Waals surface area contributed by atoms with Crippen molar-refractivity contribution in [3.63, 3.8) is 0 Å². The molecule has 44 heavy (non-hydrogen) atoms. The Morgan fingerprint density at radius 1 is 0.636 bits per heavy atom. The molecule has 5 heteroatoms. The molecule has 0 N–H and O–H groups in total. The van der Waals surface area contributed by atoms with Gasteiger partial charge in [-0.2, -0.15) is 5.10 Å². The van der Waals surface area contributed by atoms with E-state index in [-0.39, 0.29) is 5.41 Å². The van der Waals surface area contributed by atoms with E-state index >= 15 is 0 Å². The third-order valence-corrected chi connectivity index (χ3v) is 10.6. The van der Waals surface area contributed by atoms with Gasteiger partial charge in [0.2, 0.25) is 0 Å². The lowest BCUT2D eigenvalue weighted by molar-refractivity contribution is 0.552. The summed E-state index contributed by atoms with van der Waals surface area (Å²) in [5.74, 6) is 1.21. The molecule has 216 valence electrons. The molecule has 0 unspecified atom stereocenters. The minimum Gasteiger partial charge on any atom is -0.309 e. The highest BCUT2D eigenvalue weighted by atomic mass is 32.1. The van der Waals surface area contributed by atoms with E-state index in [4.69, 9.17) is 5.10 Å². The zero-order chi connectivity index (χ0) is 29.6. The van der Waals surface area contributed by atoms with Gasteiger partial charge in [-0.15, -0.1) is 11.3 Å². The van der Waals surface area contributed by atoms with Gasteiger partial charge < -0.3 is 4.57 Å². The van der Waals surface area contributed by atoms with E-state index in [1.807, 2.05) is 17.5 Å². The average Bonchev–Trinajstić information content (AvgIpc) is 3.79.